The van der Waals surface area contributed by atoms with E-state index in [1.54, 1.807) is 24.3 Å². The minimum absolute atomic E-state index is 0.0781. The molecule has 2 aromatic carbocycles. The Hall–Kier alpha value is -2.40. The van der Waals surface area contributed by atoms with Gasteiger partial charge in [-0.2, -0.15) is 0 Å². The first-order valence-electron chi connectivity index (χ1n) is 5.66. The fraction of sp³-hybridized carbons (Fsp3) is 0.0714. The van der Waals surface area contributed by atoms with Crippen molar-refractivity contribution in [2.24, 2.45) is 0 Å². The minimum atomic E-state index is -0.525. The van der Waals surface area contributed by atoms with Crippen LogP contribution < -0.4 is 11.1 Å². The zero-order chi connectivity index (χ0) is 13.8. The van der Waals surface area contributed by atoms with E-state index in [1.807, 2.05) is 0 Å². The number of halogens is 1. The zero-order valence-electron chi connectivity index (χ0n) is 10.1. The fourth-order valence-electron chi connectivity index (χ4n) is 1.67. The molecule has 2 aromatic rings. The monoisotopic (exact) mass is 260 g/mol. The van der Waals surface area contributed by atoms with Gasteiger partial charge in [0.2, 0.25) is 0 Å². The molecule has 19 heavy (non-hydrogen) atoms. The van der Waals surface area contributed by atoms with Crippen LogP contribution in [0.5, 0.6) is 0 Å². The van der Waals surface area contributed by atoms with Crippen molar-refractivity contribution in [3.63, 3.8) is 0 Å². The van der Waals surface area contributed by atoms with Gasteiger partial charge in [-0.1, -0.05) is 12.1 Å². The first-order chi connectivity index (χ1) is 9.10. The molecular weight excluding hydrogens is 247 g/mol. The molecule has 0 radical (unpaired) electrons. The molecule has 0 unspecified atom stereocenters. The van der Waals surface area contributed by atoms with Crippen molar-refractivity contribution in [1.29, 1.82) is 0 Å². The highest BCUT2D eigenvalue weighted by atomic mass is 19.1. The summed E-state index contributed by atoms with van der Waals surface area (Å²) in [7, 11) is 0. The van der Waals surface area contributed by atoms with Crippen LogP contribution in [0.2, 0.25) is 0 Å². The van der Waals surface area contributed by atoms with Crippen LogP contribution in [-0.2, 0) is 6.61 Å². The summed E-state index contributed by atoms with van der Waals surface area (Å²) in [4.78, 5) is 12.0. The van der Waals surface area contributed by atoms with E-state index < -0.39 is 11.7 Å². The number of carbonyl (C=O) groups is 1. The van der Waals surface area contributed by atoms with Gasteiger partial charge in [-0.3, -0.25) is 4.79 Å². The number of nitrogens with two attached hydrogens (primary N) is 1. The molecule has 0 saturated carbocycles. The van der Waals surface area contributed by atoms with Gasteiger partial charge in [0.25, 0.3) is 5.91 Å². The lowest BCUT2D eigenvalue weighted by Crippen LogP contribution is -2.14. The van der Waals surface area contributed by atoms with Crippen LogP contribution in [0.15, 0.2) is 42.5 Å². The largest absolute Gasteiger partial charge is 0.398 e. The highest BCUT2D eigenvalue weighted by Crippen LogP contribution is 2.17. The van der Waals surface area contributed by atoms with Crippen LogP contribution in [0, 0.1) is 5.82 Å². The maximum atomic E-state index is 13.1. The first kappa shape index (κ1) is 13.0. The number of aliphatic hydroxyl groups excluding tert-OH is 1. The molecule has 0 aliphatic carbocycles. The third kappa shape index (κ3) is 3.08. The van der Waals surface area contributed by atoms with Crippen molar-refractivity contribution in [2.75, 3.05) is 11.1 Å². The maximum Gasteiger partial charge on any atom is 0.257 e. The Labute approximate surface area is 109 Å². The van der Waals surface area contributed by atoms with Crippen molar-refractivity contribution >= 4 is 17.3 Å². The SMILES string of the molecule is Nc1ccc(F)cc1C(=O)Nc1cccc(CO)c1. The Morgan fingerprint density at radius 3 is 2.79 bits per heavy atom. The van der Waals surface area contributed by atoms with Crippen LogP contribution >= 0.6 is 0 Å². The fourth-order valence-corrected chi connectivity index (χ4v) is 1.67. The molecule has 0 aromatic heterocycles. The second kappa shape index (κ2) is 5.49. The lowest BCUT2D eigenvalue weighted by Gasteiger charge is -2.08. The van der Waals surface area contributed by atoms with Crippen LogP contribution in [0.25, 0.3) is 0 Å². The van der Waals surface area contributed by atoms with Gasteiger partial charge in [0, 0.05) is 11.4 Å². The Morgan fingerprint density at radius 1 is 1.26 bits per heavy atom. The number of hydrogen-bond donors (Lipinski definition) is 3. The summed E-state index contributed by atoms with van der Waals surface area (Å²) in [6.07, 6.45) is 0. The third-order valence-electron chi connectivity index (χ3n) is 2.63. The number of hydrogen-bond acceptors (Lipinski definition) is 3. The van der Waals surface area contributed by atoms with Crippen molar-refractivity contribution in [2.45, 2.75) is 6.61 Å². The summed E-state index contributed by atoms with van der Waals surface area (Å²) in [5, 5.41) is 11.6. The van der Waals surface area contributed by atoms with Gasteiger partial charge in [0.1, 0.15) is 5.82 Å². The van der Waals surface area contributed by atoms with E-state index in [0.717, 1.165) is 6.07 Å². The van der Waals surface area contributed by atoms with Crippen molar-refractivity contribution in [1.82, 2.24) is 0 Å². The Bertz CT molecular complexity index is 614. The molecule has 0 aliphatic heterocycles. The lowest BCUT2D eigenvalue weighted by atomic mass is 10.1. The molecule has 4 N–H and O–H groups in total. The molecular formula is C14H13FN2O2. The van der Waals surface area contributed by atoms with Gasteiger partial charge < -0.3 is 16.2 Å². The number of anilines is 2. The van der Waals surface area contributed by atoms with Crippen LogP contribution in [0.3, 0.4) is 0 Å². The van der Waals surface area contributed by atoms with E-state index in [1.165, 1.54) is 12.1 Å². The van der Waals surface area contributed by atoms with Gasteiger partial charge in [-0.05, 0) is 35.9 Å². The van der Waals surface area contributed by atoms with E-state index in [0.29, 0.717) is 11.3 Å². The molecule has 4 nitrogen and oxygen atoms in total. The summed E-state index contributed by atoms with van der Waals surface area (Å²) in [6.45, 7) is -0.119. The number of benzene rings is 2. The van der Waals surface area contributed by atoms with Gasteiger partial charge in [-0.25, -0.2) is 4.39 Å². The molecule has 0 saturated heterocycles. The normalized spacial score (nSPS) is 10.2. The van der Waals surface area contributed by atoms with E-state index in [2.05, 4.69) is 5.32 Å². The average Bonchev–Trinajstić information content (AvgIpc) is 2.41. The van der Waals surface area contributed by atoms with Crippen molar-refractivity contribution < 1.29 is 14.3 Å². The summed E-state index contributed by atoms with van der Waals surface area (Å²) in [5.74, 6) is -1.02. The molecule has 5 heteroatoms. The summed E-state index contributed by atoms with van der Waals surface area (Å²) >= 11 is 0. The zero-order valence-corrected chi connectivity index (χ0v) is 10.1. The molecule has 0 heterocycles. The Balaban J connectivity index is 2.23. The Kier molecular flexibility index (Phi) is 3.77. The molecule has 0 fully saturated rings. The molecule has 98 valence electrons. The van der Waals surface area contributed by atoms with E-state index in [-0.39, 0.29) is 17.9 Å². The summed E-state index contributed by atoms with van der Waals surface area (Å²) in [5.41, 5.74) is 7.10. The number of nitrogen functional groups attached to an aromatic ring is 1. The Morgan fingerprint density at radius 2 is 2.05 bits per heavy atom. The van der Waals surface area contributed by atoms with Crippen molar-refractivity contribution in [3.8, 4) is 0 Å². The third-order valence-corrected chi connectivity index (χ3v) is 2.63. The predicted octanol–water partition coefficient (Wildman–Crippen LogP) is 2.15. The topological polar surface area (TPSA) is 75.4 Å². The standard InChI is InChI=1S/C14H13FN2O2/c15-10-4-5-13(16)12(7-10)14(19)17-11-3-1-2-9(6-11)8-18/h1-7,18H,8,16H2,(H,17,19). The smallest absolute Gasteiger partial charge is 0.257 e. The second-order valence-corrected chi connectivity index (χ2v) is 4.04. The van der Waals surface area contributed by atoms with Gasteiger partial charge in [0.15, 0.2) is 0 Å². The number of rotatable bonds is 3. The molecule has 2 rings (SSSR count). The molecule has 0 spiro atoms. The minimum Gasteiger partial charge on any atom is -0.398 e. The number of amides is 1. The average molecular weight is 260 g/mol. The first-order valence-corrected chi connectivity index (χ1v) is 5.66. The lowest BCUT2D eigenvalue weighted by molar-refractivity contribution is 0.102. The van der Waals surface area contributed by atoms with Gasteiger partial charge in [0.05, 0.1) is 12.2 Å². The van der Waals surface area contributed by atoms with E-state index in [4.69, 9.17) is 10.8 Å². The molecule has 1 amide bonds. The van der Waals surface area contributed by atoms with Gasteiger partial charge >= 0.3 is 0 Å². The van der Waals surface area contributed by atoms with E-state index in [9.17, 15) is 9.18 Å². The highest BCUT2D eigenvalue weighted by molar-refractivity contribution is 6.07. The van der Waals surface area contributed by atoms with Gasteiger partial charge in [-0.15, -0.1) is 0 Å². The van der Waals surface area contributed by atoms with Crippen molar-refractivity contribution in [3.05, 3.63) is 59.4 Å². The number of aliphatic hydroxyl groups is 1. The maximum absolute atomic E-state index is 13.1. The summed E-state index contributed by atoms with van der Waals surface area (Å²) < 4.78 is 13.1. The van der Waals surface area contributed by atoms with E-state index >= 15 is 0 Å². The summed E-state index contributed by atoms with van der Waals surface area (Å²) in [6, 6.07) is 10.4. The second-order valence-electron chi connectivity index (χ2n) is 4.04. The molecule has 0 atom stereocenters. The number of carbonyl (C=O) groups excluding carboxylic acids is 1. The van der Waals surface area contributed by atoms with Crippen LogP contribution in [-0.4, -0.2) is 11.0 Å². The molecule has 0 aliphatic rings. The number of nitrogens with one attached hydrogen (secondary N) is 1. The highest BCUT2D eigenvalue weighted by Gasteiger charge is 2.11. The molecule has 0 bridgehead atoms. The predicted molar refractivity (Wildman–Crippen MR) is 71.1 cm³/mol. The quantitative estimate of drug-likeness (QED) is 0.740. The van der Waals surface area contributed by atoms with Crippen LogP contribution in [0.1, 0.15) is 15.9 Å². The van der Waals surface area contributed by atoms with Crippen LogP contribution in [0.4, 0.5) is 15.8 Å².